The van der Waals surface area contributed by atoms with Gasteiger partial charge >= 0.3 is 5.69 Å². The summed E-state index contributed by atoms with van der Waals surface area (Å²) in [5.41, 5.74) is -0.229. The molecule has 10 nitrogen and oxygen atoms in total. The summed E-state index contributed by atoms with van der Waals surface area (Å²) in [6.45, 7) is 0. The lowest BCUT2D eigenvalue weighted by Crippen LogP contribution is -2.34. The fourth-order valence-electron chi connectivity index (χ4n) is 3.22. The Morgan fingerprint density at radius 1 is 1.07 bits per heavy atom. The molecule has 0 atom stereocenters. The summed E-state index contributed by atoms with van der Waals surface area (Å²) in [5.74, 6) is -0.568. The van der Waals surface area contributed by atoms with Crippen molar-refractivity contribution in [2.75, 3.05) is 5.32 Å². The molecular formula is C20H15N5O5. The van der Waals surface area contributed by atoms with Crippen LogP contribution >= 0.6 is 0 Å². The van der Waals surface area contributed by atoms with Crippen molar-refractivity contribution in [3.05, 3.63) is 97.3 Å². The van der Waals surface area contributed by atoms with Gasteiger partial charge in [-0.25, -0.2) is 9.36 Å². The molecule has 0 aliphatic heterocycles. The van der Waals surface area contributed by atoms with Crippen LogP contribution in [-0.2, 0) is 7.05 Å². The van der Waals surface area contributed by atoms with E-state index in [0.717, 1.165) is 4.57 Å². The van der Waals surface area contributed by atoms with Crippen molar-refractivity contribution in [2.24, 2.45) is 7.05 Å². The van der Waals surface area contributed by atoms with Gasteiger partial charge in [-0.3, -0.25) is 19.7 Å². The summed E-state index contributed by atoms with van der Waals surface area (Å²) < 4.78 is 2.47. The first-order chi connectivity index (χ1) is 14.4. The predicted octanol–water partition coefficient (Wildman–Crippen LogP) is 2.18. The molecule has 0 spiro atoms. The summed E-state index contributed by atoms with van der Waals surface area (Å²) in [6, 6.07) is 13.8. The van der Waals surface area contributed by atoms with Crippen molar-refractivity contribution in [1.82, 2.24) is 14.1 Å². The van der Waals surface area contributed by atoms with E-state index in [2.05, 4.69) is 10.3 Å². The molecule has 2 heterocycles. The number of carbonyl (C=O) groups is 1. The van der Waals surface area contributed by atoms with Crippen molar-refractivity contribution >= 4 is 28.3 Å². The number of carbonyl (C=O) groups excluding carboxylic acids is 1. The number of nitro groups is 1. The second-order valence-electron chi connectivity index (χ2n) is 6.54. The number of non-ortho nitro benzene ring substituents is 1. The summed E-state index contributed by atoms with van der Waals surface area (Å²) in [4.78, 5) is 51.2. The predicted molar refractivity (Wildman–Crippen MR) is 110 cm³/mol. The number of aromatic amines is 1. The monoisotopic (exact) mass is 405 g/mol. The molecule has 1 amide bonds. The molecule has 4 rings (SSSR count). The minimum Gasteiger partial charge on any atom is -0.344 e. The molecule has 150 valence electrons. The first-order valence-electron chi connectivity index (χ1n) is 8.82. The van der Waals surface area contributed by atoms with E-state index in [1.54, 1.807) is 37.4 Å². The fraction of sp³-hybridized carbons (Fsp3) is 0.0500. The number of nitrogens with zero attached hydrogens (tertiary/aromatic N) is 3. The van der Waals surface area contributed by atoms with Gasteiger partial charge in [0.05, 0.1) is 21.7 Å². The summed E-state index contributed by atoms with van der Waals surface area (Å²) in [5, 5.41) is 13.4. The van der Waals surface area contributed by atoms with Crippen LogP contribution in [-0.4, -0.2) is 24.9 Å². The van der Waals surface area contributed by atoms with E-state index in [9.17, 15) is 24.5 Å². The number of anilines is 1. The minimum absolute atomic E-state index is 0.0975. The molecule has 0 unspecified atom stereocenters. The third-order valence-electron chi connectivity index (χ3n) is 4.62. The number of nitro benzene ring substituents is 1. The molecule has 0 saturated carbocycles. The molecule has 0 radical (unpaired) electrons. The van der Waals surface area contributed by atoms with Gasteiger partial charge in [0.2, 0.25) is 0 Å². The number of H-pyrrole nitrogens is 1. The lowest BCUT2D eigenvalue weighted by Gasteiger charge is -2.06. The zero-order valence-electron chi connectivity index (χ0n) is 15.7. The number of hydrogen-bond donors (Lipinski definition) is 2. The molecule has 30 heavy (non-hydrogen) atoms. The Balaban J connectivity index is 1.77. The quantitative estimate of drug-likeness (QED) is 0.397. The maximum atomic E-state index is 13.0. The highest BCUT2D eigenvalue weighted by molar-refractivity contribution is 6.11. The molecule has 10 heteroatoms. The van der Waals surface area contributed by atoms with E-state index in [1.807, 2.05) is 0 Å². The number of aromatic nitrogens is 3. The average molecular weight is 405 g/mol. The van der Waals surface area contributed by atoms with E-state index in [4.69, 9.17) is 0 Å². The van der Waals surface area contributed by atoms with Crippen molar-refractivity contribution < 1.29 is 9.72 Å². The minimum atomic E-state index is -0.672. The Bertz CT molecular complexity index is 1400. The van der Waals surface area contributed by atoms with Crippen LogP contribution in [0.1, 0.15) is 10.4 Å². The molecule has 0 aliphatic carbocycles. The number of benzene rings is 2. The van der Waals surface area contributed by atoms with E-state index >= 15 is 0 Å². The van der Waals surface area contributed by atoms with Gasteiger partial charge in [-0.15, -0.1) is 0 Å². The lowest BCUT2D eigenvalue weighted by atomic mass is 10.2. The first kappa shape index (κ1) is 18.9. The van der Waals surface area contributed by atoms with Gasteiger partial charge in [-0.2, -0.15) is 0 Å². The van der Waals surface area contributed by atoms with Gasteiger partial charge in [-0.05, 0) is 24.3 Å². The summed E-state index contributed by atoms with van der Waals surface area (Å²) in [6.07, 6.45) is 1.44. The smallest absolute Gasteiger partial charge is 0.333 e. The highest BCUT2D eigenvalue weighted by Crippen LogP contribution is 2.19. The van der Waals surface area contributed by atoms with Crippen molar-refractivity contribution in [1.29, 1.82) is 0 Å². The highest BCUT2D eigenvalue weighted by Gasteiger charge is 2.20. The lowest BCUT2D eigenvalue weighted by molar-refractivity contribution is -0.384. The Labute approximate surface area is 168 Å². The SMILES string of the molecule is Cn1cc(C(=O)Nc2ccc([N+](=O)[O-])cc2)c2[nH]c(=O)n(-c3ccccc3)c(=O)c21. The fourth-order valence-corrected chi connectivity index (χ4v) is 3.22. The average Bonchev–Trinajstić information content (AvgIpc) is 3.05. The van der Waals surface area contributed by atoms with Crippen LogP contribution in [0.5, 0.6) is 0 Å². The van der Waals surface area contributed by atoms with Gasteiger partial charge in [0.25, 0.3) is 17.2 Å². The first-order valence-corrected chi connectivity index (χ1v) is 8.82. The maximum absolute atomic E-state index is 13.0. The number of hydrogen-bond acceptors (Lipinski definition) is 5. The van der Waals surface area contributed by atoms with Gasteiger partial charge in [-0.1, -0.05) is 18.2 Å². The molecule has 2 N–H and O–H groups in total. The topological polar surface area (TPSA) is 132 Å². The number of para-hydroxylation sites is 1. The molecular weight excluding hydrogens is 390 g/mol. The van der Waals surface area contributed by atoms with Crippen molar-refractivity contribution in [3.63, 3.8) is 0 Å². The molecule has 4 aromatic rings. The Morgan fingerprint density at radius 2 is 1.73 bits per heavy atom. The molecule has 0 bridgehead atoms. The van der Waals surface area contributed by atoms with E-state index in [-0.39, 0.29) is 22.3 Å². The normalized spacial score (nSPS) is 10.8. The van der Waals surface area contributed by atoms with E-state index in [1.165, 1.54) is 35.0 Å². The second-order valence-corrected chi connectivity index (χ2v) is 6.54. The molecule has 0 aliphatic rings. The molecule has 2 aromatic carbocycles. The third-order valence-corrected chi connectivity index (χ3v) is 4.62. The zero-order valence-corrected chi connectivity index (χ0v) is 15.7. The Morgan fingerprint density at radius 3 is 2.37 bits per heavy atom. The van der Waals surface area contributed by atoms with Gasteiger partial charge in [0.15, 0.2) is 0 Å². The van der Waals surface area contributed by atoms with Crippen LogP contribution in [0.25, 0.3) is 16.7 Å². The highest BCUT2D eigenvalue weighted by atomic mass is 16.6. The number of aryl methyl sites for hydroxylation is 1. The van der Waals surface area contributed by atoms with Gasteiger partial charge < -0.3 is 14.9 Å². The number of fused-ring (bicyclic) bond motifs is 1. The van der Waals surface area contributed by atoms with Crippen LogP contribution in [0, 0.1) is 10.1 Å². The van der Waals surface area contributed by atoms with E-state index < -0.39 is 22.1 Å². The number of rotatable bonds is 4. The van der Waals surface area contributed by atoms with Crippen LogP contribution in [0.4, 0.5) is 11.4 Å². The second kappa shape index (κ2) is 7.17. The molecule has 2 aromatic heterocycles. The standard InChI is InChI=1S/C20H15N5O5/c1-23-11-15(18(26)21-12-7-9-14(10-8-12)25(29)30)16-17(23)19(27)24(20(28)22-16)13-5-3-2-4-6-13/h2-11H,1H3,(H,21,26)(H,22,28). The van der Waals surface area contributed by atoms with Crippen LogP contribution in [0.2, 0.25) is 0 Å². The molecule has 0 fully saturated rings. The van der Waals surface area contributed by atoms with Crippen LogP contribution < -0.4 is 16.6 Å². The summed E-state index contributed by atoms with van der Waals surface area (Å²) in [7, 11) is 1.60. The Hall–Kier alpha value is -4.47. The third kappa shape index (κ3) is 3.15. The van der Waals surface area contributed by atoms with Crippen LogP contribution in [0.3, 0.4) is 0 Å². The van der Waals surface area contributed by atoms with Gasteiger partial charge in [0.1, 0.15) is 5.52 Å². The number of amides is 1. The maximum Gasteiger partial charge on any atom is 0.333 e. The Kier molecular flexibility index (Phi) is 4.51. The number of nitrogens with one attached hydrogen (secondary N) is 2. The van der Waals surface area contributed by atoms with Gasteiger partial charge in [0, 0.05) is 31.1 Å². The van der Waals surface area contributed by atoms with Crippen molar-refractivity contribution in [3.8, 4) is 5.69 Å². The van der Waals surface area contributed by atoms with Crippen LogP contribution in [0.15, 0.2) is 70.4 Å². The summed E-state index contributed by atoms with van der Waals surface area (Å²) >= 11 is 0. The zero-order chi connectivity index (χ0) is 21.4. The van der Waals surface area contributed by atoms with E-state index in [0.29, 0.717) is 11.4 Å². The van der Waals surface area contributed by atoms with Crippen molar-refractivity contribution in [2.45, 2.75) is 0 Å². The molecule has 0 saturated heterocycles. The largest absolute Gasteiger partial charge is 0.344 e.